The molecule has 0 aliphatic carbocycles. The summed E-state index contributed by atoms with van der Waals surface area (Å²) >= 11 is 0. The van der Waals surface area contributed by atoms with Crippen LogP contribution in [0.4, 0.5) is 5.82 Å². The van der Waals surface area contributed by atoms with E-state index in [-0.39, 0.29) is 12.5 Å². The Kier molecular flexibility index (Phi) is 4.35. The monoisotopic (exact) mass is 266 g/mol. The van der Waals surface area contributed by atoms with Crippen LogP contribution in [0.15, 0.2) is 42.5 Å². The number of aryl methyl sites for hydroxylation is 1. The number of pyridine rings is 1. The Balaban J connectivity index is 2.04. The second-order valence-corrected chi connectivity index (χ2v) is 4.14. The van der Waals surface area contributed by atoms with Crippen LogP contribution in [0.1, 0.15) is 16.1 Å². The summed E-state index contributed by atoms with van der Waals surface area (Å²) in [6, 6.07) is 12.2. The molecule has 0 radical (unpaired) electrons. The maximum Gasteiger partial charge on any atom is 0.256 e. The van der Waals surface area contributed by atoms with Crippen molar-refractivity contribution < 1.29 is 9.53 Å². The lowest BCUT2D eigenvalue weighted by Crippen LogP contribution is -2.13. The van der Waals surface area contributed by atoms with Crippen molar-refractivity contribution in [3.05, 3.63) is 53.7 Å². The van der Waals surface area contributed by atoms with E-state index in [1.165, 1.54) is 0 Å². The molecule has 0 aliphatic heterocycles. The lowest BCUT2D eigenvalue weighted by Gasteiger charge is -2.06. The molecule has 0 bridgehead atoms. The van der Waals surface area contributed by atoms with Gasteiger partial charge >= 0.3 is 0 Å². The van der Waals surface area contributed by atoms with Crippen molar-refractivity contribution >= 4 is 11.7 Å². The van der Waals surface area contributed by atoms with Crippen molar-refractivity contribution in [1.82, 2.24) is 4.98 Å². The Morgan fingerprint density at radius 3 is 2.70 bits per heavy atom. The van der Waals surface area contributed by atoms with Gasteiger partial charge in [-0.2, -0.15) is 0 Å². The third-order valence-corrected chi connectivity index (χ3v) is 2.57. The average molecular weight is 266 g/mol. The van der Waals surface area contributed by atoms with E-state index in [0.717, 1.165) is 5.69 Å². The molecule has 0 fully saturated rings. The van der Waals surface area contributed by atoms with E-state index < -0.39 is 0 Å². The fourth-order valence-corrected chi connectivity index (χ4v) is 1.63. The predicted molar refractivity (Wildman–Crippen MR) is 77.7 cm³/mol. The summed E-state index contributed by atoms with van der Waals surface area (Å²) in [4.78, 5) is 16.2. The van der Waals surface area contributed by atoms with Crippen molar-refractivity contribution in [3.63, 3.8) is 0 Å². The highest BCUT2D eigenvalue weighted by atomic mass is 16.5. The van der Waals surface area contributed by atoms with Gasteiger partial charge in [-0.3, -0.25) is 4.79 Å². The molecule has 4 heteroatoms. The van der Waals surface area contributed by atoms with E-state index in [4.69, 9.17) is 11.2 Å². The normalized spacial score (nSPS) is 9.60. The molecule has 20 heavy (non-hydrogen) atoms. The number of benzene rings is 1. The summed E-state index contributed by atoms with van der Waals surface area (Å²) in [7, 11) is 0. The molecule has 2 aromatic rings. The van der Waals surface area contributed by atoms with Crippen LogP contribution in [0.25, 0.3) is 0 Å². The number of carbonyl (C=O) groups excluding carboxylic acids is 1. The van der Waals surface area contributed by atoms with E-state index in [9.17, 15) is 4.79 Å². The van der Waals surface area contributed by atoms with Crippen LogP contribution in [-0.4, -0.2) is 17.5 Å². The summed E-state index contributed by atoms with van der Waals surface area (Å²) in [6.45, 7) is 2.08. The first-order chi connectivity index (χ1) is 9.69. The lowest BCUT2D eigenvalue weighted by atomic mass is 10.2. The smallest absolute Gasteiger partial charge is 0.256 e. The van der Waals surface area contributed by atoms with Gasteiger partial charge in [-0.25, -0.2) is 4.98 Å². The van der Waals surface area contributed by atoms with Crippen LogP contribution in [0.5, 0.6) is 5.75 Å². The predicted octanol–water partition coefficient (Wildman–Crippen LogP) is 2.65. The van der Waals surface area contributed by atoms with Crippen molar-refractivity contribution in [3.8, 4) is 18.1 Å². The van der Waals surface area contributed by atoms with Gasteiger partial charge in [-0.15, -0.1) is 6.42 Å². The van der Waals surface area contributed by atoms with Crippen molar-refractivity contribution in [1.29, 1.82) is 0 Å². The number of rotatable bonds is 4. The number of hydrogen-bond donors (Lipinski definition) is 1. The second-order valence-electron chi connectivity index (χ2n) is 4.14. The summed E-state index contributed by atoms with van der Waals surface area (Å²) in [5, 5.41) is 2.74. The number of carbonyl (C=O) groups is 1. The minimum absolute atomic E-state index is 0.207. The third kappa shape index (κ3) is 3.59. The summed E-state index contributed by atoms with van der Waals surface area (Å²) in [5.74, 6) is 3.33. The molecule has 0 aliphatic rings. The van der Waals surface area contributed by atoms with E-state index in [0.29, 0.717) is 17.1 Å². The third-order valence-electron chi connectivity index (χ3n) is 2.57. The molecule has 1 heterocycles. The van der Waals surface area contributed by atoms with Gasteiger partial charge in [0, 0.05) is 11.3 Å². The largest absolute Gasteiger partial charge is 0.481 e. The van der Waals surface area contributed by atoms with Crippen LogP contribution < -0.4 is 10.1 Å². The molecule has 0 atom stereocenters. The fraction of sp³-hybridized carbons (Fsp3) is 0.125. The summed E-state index contributed by atoms with van der Waals surface area (Å²) in [6.07, 6.45) is 5.11. The maximum atomic E-state index is 12.0. The van der Waals surface area contributed by atoms with Gasteiger partial charge in [-0.1, -0.05) is 12.0 Å². The van der Waals surface area contributed by atoms with Crippen molar-refractivity contribution in [2.24, 2.45) is 0 Å². The zero-order valence-electron chi connectivity index (χ0n) is 11.1. The number of ether oxygens (including phenoxy) is 1. The van der Waals surface area contributed by atoms with Crippen LogP contribution in [-0.2, 0) is 0 Å². The first-order valence-corrected chi connectivity index (χ1v) is 6.10. The molecule has 0 saturated heterocycles. The number of aromatic nitrogens is 1. The molecule has 100 valence electrons. The first kappa shape index (κ1) is 13.6. The van der Waals surface area contributed by atoms with Gasteiger partial charge in [0.1, 0.15) is 18.2 Å². The summed E-state index contributed by atoms with van der Waals surface area (Å²) < 4.78 is 5.24. The van der Waals surface area contributed by atoms with Gasteiger partial charge in [0.2, 0.25) is 0 Å². The quantitative estimate of drug-likeness (QED) is 0.865. The van der Waals surface area contributed by atoms with Gasteiger partial charge in [-0.05, 0) is 43.3 Å². The zero-order chi connectivity index (χ0) is 14.4. The Morgan fingerprint density at radius 1 is 1.30 bits per heavy atom. The molecule has 1 N–H and O–H groups in total. The van der Waals surface area contributed by atoms with E-state index in [2.05, 4.69) is 16.2 Å². The molecule has 0 saturated carbocycles. The van der Waals surface area contributed by atoms with Gasteiger partial charge < -0.3 is 10.1 Å². The highest BCUT2D eigenvalue weighted by molar-refractivity contribution is 6.03. The highest BCUT2D eigenvalue weighted by Crippen LogP contribution is 2.13. The molecule has 1 aromatic heterocycles. The Morgan fingerprint density at radius 2 is 2.05 bits per heavy atom. The minimum atomic E-state index is -0.216. The van der Waals surface area contributed by atoms with Crippen molar-refractivity contribution in [2.75, 3.05) is 11.9 Å². The van der Waals surface area contributed by atoms with Crippen molar-refractivity contribution in [2.45, 2.75) is 6.92 Å². The average Bonchev–Trinajstić information content (AvgIpc) is 2.45. The molecule has 0 unspecified atom stereocenters. The topological polar surface area (TPSA) is 51.2 Å². The molecule has 4 nitrogen and oxygen atoms in total. The Bertz CT molecular complexity index is 642. The van der Waals surface area contributed by atoms with Crippen LogP contribution in [0, 0.1) is 19.3 Å². The van der Waals surface area contributed by atoms with Gasteiger partial charge in [0.25, 0.3) is 5.91 Å². The SMILES string of the molecule is C#CCOc1ccc(C(=O)Nc2cccc(C)n2)cc1. The fourth-order valence-electron chi connectivity index (χ4n) is 1.63. The van der Waals surface area contributed by atoms with E-state index in [1.54, 1.807) is 30.3 Å². The Hall–Kier alpha value is -2.80. The number of nitrogens with zero attached hydrogens (tertiary/aromatic N) is 1. The van der Waals surface area contributed by atoms with Gasteiger partial charge in [0.05, 0.1) is 0 Å². The number of amides is 1. The number of hydrogen-bond acceptors (Lipinski definition) is 3. The molecule has 0 spiro atoms. The lowest BCUT2D eigenvalue weighted by molar-refractivity contribution is 0.102. The van der Waals surface area contributed by atoms with Gasteiger partial charge in [0.15, 0.2) is 0 Å². The van der Waals surface area contributed by atoms with E-state index in [1.807, 2.05) is 19.1 Å². The first-order valence-electron chi connectivity index (χ1n) is 6.10. The number of nitrogens with one attached hydrogen (secondary N) is 1. The minimum Gasteiger partial charge on any atom is -0.481 e. The molecular weight excluding hydrogens is 252 g/mol. The molecule has 1 amide bonds. The van der Waals surface area contributed by atoms with E-state index >= 15 is 0 Å². The standard InChI is InChI=1S/C16H14N2O2/c1-3-11-20-14-9-7-13(8-10-14)16(19)18-15-6-4-5-12(2)17-15/h1,4-10H,11H2,2H3,(H,17,18,19). The van der Waals surface area contributed by atoms with Crippen LogP contribution in [0.3, 0.4) is 0 Å². The number of terminal acetylenes is 1. The second kappa shape index (κ2) is 6.39. The number of anilines is 1. The van der Waals surface area contributed by atoms with Crippen LogP contribution >= 0.6 is 0 Å². The maximum absolute atomic E-state index is 12.0. The summed E-state index contributed by atoms with van der Waals surface area (Å²) in [5.41, 5.74) is 1.38. The highest BCUT2D eigenvalue weighted by Gasteiger charge is 2.07. The molecule has 2 rings (SSSR count). The Labute approximate surface area is 117 Å². The zero-order valence-corrected chi connectivity index (χ0v) is 11.1. The van der Waals surface area contributed by atoms with Crippen LogP contribution in [0.2, 0.25) is 0 Å². The molecular formula is C16H14N2O2. The molecule has 1 aromatic carbocycles.